The number of amides is 1. The molecule has 2 aromatic rings. The van der Waals surface area contributed by atoms with Crippen molar-refractivity contribution in [2.45, 2.75) is 12.3 Å². The Labute approximate surface area is 104 Å². The smallest absolute Gasteiger partial charge is 0.270 e. The molecule has 2 aromatic heterocycles. The molecule has 1 saturated heterocycles. The largest absolute Gasteiger partial charge is 0.347 e. The van der Waals surface area contributed by atoms with E-state index in [1.807, 2.05) is 34.8 Å². The third-order valence-electron chi connectivity index (χ3n) is 3.38. The number of rotatable bonds is 2. The van der Waals surface area contributed by atoms with Gasteiger partial charge in [0, 0.05) is 32.3 Å². The first kappa shape index (κ1) is 11.0. The van der Waals surface area contributed by atoms with Crippen molar-refractivity contribution in [3.8, 4) is 0 Å². The minimum atomic E-state index is 0.0634. The Morgan fingerprint density at radius 3 is 3.11 bits per heavy atom. The van der Waals surface area contributed by atoms with E-state index in [1.165, 1.54) is 6.39 Å². The zero-order valence-corrected chi connectivity index (χ0v) is 10.1. The summed E-state index contributed by atoms with van der Waals surface area (Å²) in [5.41, 5.74) is 0.712. The van der Waals surface area contributed by atoms with E-state index in [4.69, 9.17) is 4.52 Å². The predicted molar refractivity (Wildman–Crippen MR) is 63.0 cm³/mol. The van der Waals surface area contributed by atoms with Gasteiger partial charge in [-0.2, -0.15) is 4.98 Å². The molecule has 1 unspecified atom stereocenters. The van der Waals surface area contributed by atoms with E-state index in [2.05, 4.69) is 10.1 Å². The zero-order valence-electron chi connectivity index (χ0n) is 10.1. The molecule has 18 heavy (non-hydrogen) atoms. The molecule has 0 radical (unpaired) electrons. The fourth-order valence-corrected chi connectivity index (χ4v) is 2.36. The van der Waals surface area contributed by atoms with Gasteiger partial charge in [0.1, 0.15) is 5.69 Å². The zero-order chi connectivity index (χ0) is 12.5. The average Bonchev–Trinajstić information content (AvgIpc) is 3.09. The fraction of sp³-hybridized carbons (Fsp3) is 0.417. The SMILES string of the molecule is Cn1cccc1C(=O)N1CCC(c2ncon2)C1. The number of hydrogen-bond donors (Lipinski definition) is 0. The lowest BCUT2D eigenvalue weighted by Crippen LogP contribution is -2.29. The van der Waals surface area contributed by atoms with Crippen LogP contribution in [0.15, 0.2) is 29.2 Å². The number of carbonyl (C=O) groups excluding carboxylic acids is 1. The van der Waals surface area contributed by atoms with Crippen molar-refractivity contribution in [3.63, 3.8) is 0 Å². The molecule has 0 saturated carbocycles. The van der Waals surface area contributed by atoms with Gasteiger partial charge in [0.25, 0.3) is 5.91 Å². The molecule has 0 N–H and O–H groups in total. The van der Waals surface area contributed by atoms with Crippen LogP contribution in [0.2, 0.25) is 0 Å². The van der Waals surface area contributed by atoms with Gasteiger partial charge >= 0.3 is 0 Å². The molecule has 3 rings (SSSR count). The Morgan fingerprint density at radius 2 is 2.44 bits per heavy atom. The minimum Gasteiger partial charge on any atom is -0.347 e. The molecular formula is C12H14N4O2. The Kier molecular flexibility index (Phi) is 2.62. The minimum absolute atomic E-state index is 0.0634. The predicted octanol–water partition coefficient (Wildman–Crippen LogP) is 1.04. The highest BCUT2D eigenvalue weighted by Crippen LogP contribution is 2.25. The van der Waals surface area contributed by atoms with Crippen LogP contribution in [0.25, 0.3) is 0 Å². The van der Waals surface area contributed by atoms with Gasteiger partial charge in [0.05, 0.1) is 0 Å². The van der Waals surface area contributed by atoms with Crippen LogP contribution in [0.5, 0.6) is 0 Å². The molecule has 0 bridgehead atoms. The van der Waals surface area contributed by atoms with E-state index < -0.39 is 0 Å². The van der Waals surface area contributed by atoms with E-state index in [1.54, 1.807) is 0 Å². The van der Waals surface area contributed by atoms with Crippen molar-refractivity contribution >= 4 is 5.91 Å². The average molecular weight is 246 g/mol. The third-order valence-corrected chi connectivity index (χ3v) is 3.38. The second-order valence-corrected chi connectivity index (χ2v) is 4.53. The van der Waals surface area contributed by atoms with Crippen molar-refractivity contribution in [1.29, 1.82) is 0 Å². The third kappa shape index (κ3) is 1.79. The second kappa shape index (κ2) is 4.29. The summed E-state index contributed by atoms with van der Waals surface area (Å²) >= 11 is 0. The number of aryl methyl sites for hydroxylation is 1. The fourth-order valence-electron chi connectivity index (χ4n) is 2.36. The van der Waals surface area contributed by atoms with Crippen LogP contribution in [-0.4, -0.2) is 38.6 Å². The molecule has 0 aromatic carbocycles. The summed E-state index contributed by atoms with van der Waals surface area (Å²) in [5, 5.41) is 3.84. The first-order valence-corrected chi connectivity index (χ1v) is 5.92. The lowest BCUT2D eigenvalue weighted by Gasteiger charge is -2.16. The highest BCUT2D eigenvalue weighted by Gasteiger charge is 2.30. The van der Waals surface area contributed by atoms with E-state index in [0.717, 1.165) is 13.0 Å². The van der Waals surface area contributed by atoms with Crippen LogP contribution in [0.3, 0.4) is 0 Å². The molecule has 3 heterocycles. The van der Waals surface area contributed by atoms with Gasteiger partial charge < -0.3 is 14.0 Å². The lowest BCUT2D eigenvalue weighted by molar-refractivity contribution is 0.0781. The summed E-state index contributed by atoms with van der Waals surface area (Å²) in [6, 6.07) is 3.71. The summed E-state index contributed by atoms with van der Waals surface area (Å²) < 4.78 is 6.58. The van der Waals surface area contributed by atoms with Crippen LogP contribution < -0.4 is 0 Å². The van der Waals surface area contributed by atoms with Gasteiger partial charge in [0.15, 0.2) is 5.82 Å². The summed E-state index contributed by atoms with van der Waals surface area (Å²) in [7, 11) is 1.87. The normalized spacial score (nSPS) is 19.4. The maximum Gasteiger partial charge on any atom is 0.270 e. The quantitative estimate of drug-likeness (QED) is 0.794. The molecule has 0 spiro atoms. The van der Waals surface area contributed by atoms with Crippen LogP contribution >= 0.6 is 0 Å². The summed E-state index contributed by atoms with van der Waals surface area (Å²) in [4.78, 5) is 18.2. The molecule has 94 valence electrons. The monoisotopic (exact) mass is 246 g/mol. The first-order chi connectivity index (χ1) is 8.75. The lowest BCUT2D eigenvalue weighted by atomic mass is 10.1. The van der Waals surface area contributed by atoms with Crippen molar-refractivity contribution < 1.29 is 9.32 Å². The van der Waals surface area contributed by atoms with E-state index >= 15 is 0 Å². The van der Waals surface area contributed by atoms with Crippen LogP contribution in [0.1, 0.15) is 28.7 Å². The standard InChI is InChI=1S/C12H14N4O2/c1-15-5-2-3-10(15)12(17)16-6-4-9(7-16)11-13-8-18-14-11/h2-3,5,8-9H,4,6-7H2,1H3. The van der Waals surface area contributed by atoms with E-state index in [0.29, 0.717) is 18.1 Å². The molecule has 0 aliphatic carbocycles. The molecule has 1 fully saturated rings. The summed E-state index contributed by atoms with van der Waals surface area (Å²) in [6.45, 7) is 1.40. The number of hydrogen-bond acceptors (Lipinski definition) is 4. The Morgan fingerprint density at radius 1 is 1.56 bits per heavy atom. The van der Waals surface area contributed by atoms with Gasteiger partial charge in [-0.25, -0.2) is 0 Å². The first-order valence-electron chi connectivity index (χ1n) is 5.92. The van der Waals surface area contributed by atoms with Crippen molar-refractivity contribution in [1.82, 2.24) is 19.6 Å². The van der Waals surface area contributed by atoms with E-state index in [9.17, 15) is 4.79 Å². The molecule has 6 nitrogen and oxygen atoms in total. The number of aromatic nitrogens is 3. The molecule has 1 aliphatic heterocycles. The molecular weight excluding hydrogens is 232 g/mol. The number of likely N-dealkylation sites (tertiary alicyclic amines) is 1. The maximum atomic E-state index is 12.3. The number of carbonyl (C=O) groups is 1. The van der Waals surface area contributed by atoms with Crippen LogP contribution in [0.4, 0.5) is 0 Å². The Bertz CT molecular complexity index is 546. The van der Waals surface area contributed by atoms with Crippen molar-refractivity contribution in [2.75, 3.05) is 13.1 Å². The molecule has 1 aliphatic rings. The molecule has 6 heteroatoms. The maximum absolute atomic E-state index is 12.3. The molecule has 1 amide bonds. The van der Waals surface area contributed by atoms with Gasteiger partial charge in [-0.1, -0.05) is 5.16 Å². The number of nitrogens with zero attached hydrogens (tertiary/aromatic N) is 4. The van der Waals surface area contributed by atoms with Gasteiger partial charge in [0.2, 0.25) is 6.39 Å². The van der Waals surface area contributed by atoms with E-state index in [-0.39, 0.29) is 11.8 Å². The van der Waals surface area contributed by atoms with Gasteiger partial charge in [-0.15, -0.1) is 0 Å². The molecule has 1 atom stereocenters. The Balaban J connectivity index is 1.73. The van der Waals surface area contributed by atoms with Gasteiger partial charge in [-0.05, 0) is 18.6 Å². The van der Waals surface area contributed by atoms with Crippen molar-refractivity contribution in [3.05, 3.63) is 36.2 Å². The summed E-state index contributed by atoms with van der Waals surface area (Å²) in [5.74, 6) is 0.943. The van der Waals surface area contributed by atoms with Crippen molar-refractivity contribution in [2.24, 2.45) is 7.05 Å². The second-order valence-electron chi connectivity index (χ2n) is 4.53. The highest BCUT2D eigenvalue weighted by atomic mass is 16.5. The highest BCUT2D eigenvalue weighted by molar-refractivity contribution is 5.93. The van der Waals surface area contributed by atoms with Crippen LogP contribution in [0, 0.1) is 0 Å². The van der Waals surface area contributed by atoms with Gasteiger partial charge in [-0.3, -0.25) is 4.79 Å². The summed E-state index contributed by atoms with van der Waals surface area (Å²) in [6.07, 6.45) is 4.09. The Hall–Kier alpha value is -2.11. The van der Waals surface area contributed by atoms with Crippen LogP contribution in [-0.2, 0) is 7.05 Å². The topological polar surface area (TPSA) is 64.2 Å².